The van der Waals surface area contributed by atoms with Crippen molar-refractivity contribution < 1.29 is 0 Å². The van der Waals surface area contributed by atoms with Crippen molar-refractivity contribution in [2.75, 3.05) is 18.0 Å². The van der Waals surface area contributed by atoms with E-state index in [2.05, 4.69) is 63.5 Å². The van der Waals surface area contributed by atoms with E-state index in [4.69, 9.17) is 0 Å². The molecule has 3 rings (SSSR count). The SMILES string of the molecule is CC1CN(c2n[nH]c(CSc3ccccc3)n2)CC(C)N1. The molecule has 112 valence electrons. The van der Waals surface area contributed by atoms with Crippen molar-refractivity contribution in [1.82, 2.24) is 20.5 Å². The van der Waals surface area contributed by atoms with Crippen LogP contribution >= 0.6 is 11.8 Å². The first-order valence-electron chi connectivity index (χ1n) is 7.31. The highest BCUT2D eigenvalue weighted by Gasteiger charge is 2.23. The first kappa shape index (κ1) is 14.4. The van der Waals surface area contributed by atoms with Gasteiger partial charge >= 0.3 is 0 Å². The van der Waals surface area contributed by atoms with Crippen LogP contribution in [0, 0.1) is 0 Å². The van der Waals surface area contributed by atoms with E-state index in [1.807, 2.05) is 6.07 Å². The fourth-order valence-corrected chi connectivity index (χ4v) is 3.43. The van der Waals surface area contributed by atoms with Crippen LogP contribution in [0.3, 0.4) is 0 Å². The Morgan fingerprint density at radius 1 is 1.19 bits per heavy atom. The topological polar surface area (TPSA) is 56.8 Å². The zero-order valence-electron chi connectivity index (χ0n) is 12.4. The van der Waals surface area contributed by atoms with Crippen LogP contribution in [0.1, 0.15) is 19.7 Å². The van der Waals surface area contributed by atoms with Crippen molar-refractivity contribution >= 4 is 17.7 Å². The third-order valence-electron chi connectivity index (χ3n) is 3.48. The maximum atomic E-state index is 4.63. The van der Waals surface area contributed by atoms with Crippen molar-refractivity contribution in [3.05, 3.63) is 36.2 Å². The quantitative estimate of drug-likeness (QED) is 0.849. The predicted molar refractivity (Wildman–Crippen MR) is 86.7 cm³/mol. The molecule has 0 aliphatic carbocycles. The van der Waals surface area contributed by atoms with Crippen LogP contribution < -0.4 is 10.2 Å². The fraction of sp³-hybridized carbons (Fsp3) is 0.467. The van der Waals surface area contributed by atoms with E-state index in [9.17, 15) is 0 Å². The van der Waals surface area contributed by atoms with E-state index in [1.54, 1.807) is 11.8 Å². The van der Waals surface area contributed by atoms with Crippen LogP contribution in [0.15, 0.2) is 35.2 Å². The zero-order valence-corrected chi connectivity index (χ0v) is 13.2. The van der Waals surface area contributed by atoms with E-state index < -0.39 is 0 Å². The Morgan fingerprint density at radius 3 is 2.62 bits per heavy atom. The number of piperazine rings is 1. The summed E-state index contributed by atoms with van der Waals surface area (Å²) in [5.41, 5.74) is 0. The van der Waals surface area contributed by atoms with Crippen molar-refractivity contribution in [3.8, 4) is 0 Å². The van der Waals surface area contributed by atoms with Gasteiger partial charge in [0.05, 0.1) is 5.75 Å². The van der Waals surface area contributed by atoms with Gasteiger partial charge in [0.15, 0.2) is 0 Å². The second-order valence-corrected chi connectivity index (χ2v) is 6.61. The number of nitrogens with one attached hydrogen (secondary N) is 2. The number of aromatic amines is 1. The molecule has 1 aromatic carbocycles. The largest absolute Gasteiger partial charge is 0.336 e. The lowest BCUT2D eigenvalue weighted by Gasteiger charge is -2.35. The average Bonchev–Trinajstić information content (AvgIpc) is 2.94. The Labute approximate surface area is 129 Å². The molecule has 0 bridgehead atoms. The van der Waals surface area contributed by atoms with Crippen LogP contribution in [-0.2, 0) is 5.75 Å². The molecule has 0 radical (unpaired) electrons. The van der Waals surface area contributed by atoms with E-state index in [1.165, 1.54) is 4.90 Å². The molecule has 1 aliphatic rings. The van der Waals surface area contributed by atoms with E-state index >= 15 is 0 Å². The Kier molecular flexibility index (Phi) is 4.45. The van der Waals surface area contributed by atoms with Crippen LogP contribution in [-0.4, -0.2) is 40.4 Å². The Hall–Kier alpha value is -1.53. The van der Waals surface area contributed by atoms with Gasteiger partial charge in [-0.1, -0.05) is 18.2 Å². The summed E-state index contributed by atoms with van der Waals surface area (Å²) in [6.07, 6.45) is 0. The van der Waals surface area contributed by atoms with Gasteiger partial charge in [0, 0.05) is 30.1 Å². The Bertz CT molecular complexity index is 560. The van der Waals surface area contributed by atoms with Crippen LogP contribution in [0.25, 0.3) is 0 Å². The van der Waals surface area contributed by atoms with Gasteiger partial charge in [0.2, 0.25) is 5.95 Å². The van der Waals surface area contributed by atoms with Crippen molar-refractivity contribution in [3.63, 3.8) is 0 Å². The third kappa shape index (κ3) is 3.77. The molecule has 2 aromatic rings. The zero-order chi connectivity index (χ0) is 14.7. The average molecular weight is 303 g/mol. The summed E-state index contributed by atoms with van der Waals surface area (Å²) >= 11 is 1.77. The number of hydrogen-bond donors (Lipinski definition) is 2. The van der Waals surface area contributed by atoms with Gasteiger partial charge in [-0.25, -0.2) is 0 Å². The second kappa shape index (κ2) is 6.49. The lowest BCUT2D eigenvalue weighted by Crippen LogP contribution is -2.54. The van der Waals surface area contributed by atoms with Gasteiger partial charge < -0.3 is 10.2 Å². The number of anilines is 1. The Balaban J connectivity index is 1.61. The molecule has 0 amide bonds. The molecule has 1 aromatic heterocycles. The smallest absolute Gasteiger partial charge is 0.244 e. The normalized spacial score (nSPS) is 22.5. The van der Waals surface area contributed by atoms with E-state index in [0.29, 0.717) is 12.1 Å². The van der Waals surface area contributed by atoms with Gasteiger partial charge in [0.25, 0.3) is 0 Å². The van der Waals surface area contributed by atoms with Gasteiger partial charge in [-0.3, -0.25) is 5.10 Å². The van der Waals surface area contributed by atoms with E-state index in [0.717, 1.165) is 30.6 Å². The van der Waals surface area contributed by atoms with Crippen molar-refractivity contribution in [1.29, 1.82) is 0 Å². The number of H-pyrrole nitrogens is 1. The number of benzene rings is 1. The monoisotopic (exact) mass is 303 g/mol. The molecule has 1 aliphatic heterocycles. The van der Waals surface area contributed by atoms with Crippen molar-refractivity contribution in [2.24, 2.45) is 0 Å². The highest BCUT2D eigenvalue weighted by molar-refractivity contribution is 7.98. The van der Waals surface area contributed by atoms with E-state index in [-0.39, 0.29) is 0 Å². The molecule has 1 fully saturated rings. The third-order valence-corrected chi connectivity index (χ3v) is 4.50. The summed E-state index contributed by atoms with van der Waals surface area (Å²) in [6, 6.07) is 11.3. The van der Waals surface area contributed by atoms with Gasteiger partial charge in [-0.15, -0.1) is 16.9 Å². The molecule has 0 spiro atoms. The lowest BCUT2D eigenvalue weighted by atomic mass is 10.1. The van der Waals surface area contributed by atoms with Crippen LogP contribution in [0.5, 0.6) is 0 Å². The number of rotatable bonds is 4. The molecule has 5 nitrogen and oxygen atoms in total. The minimum absolute atomic E-state index is 0.467. The predicted octanol–water partition coefficient (Wildman–Crippen LogP) is 2.28. The number of hydrogen-bond acceptors (Lipinski definition) is 5. The second-order valence-electron chi connectivity index (χ2n) is 5.56. The lowest BCUT2D eigenvalue weighted by molar-refractivity contribution is 0.403. The molecular formula is C15H21N5S. The van der Waals surface area contributed by atoms with Crippen LogP contribution in [0.4, 0.5) is 5.95 Å². The molecule has 6 heteroatoms. The molecule has 0 saturated carbocycles. The molecule has 2 unspecified atom stereocenters. The van der Waals surface area contributed by atoms with Crippen molar-refractivity contribution in [2.45, 2.75) is 36.6 Å². The molecular weight excluding hydrogens is 282 g/mol. The maximum absolute atomic E-state index is 4.63. The molecule has 1 saturated heterocycles. The first-order valence-corrected chi connectivity index (χ1v) is 8.29. The standard InChI is InChI=1S/C15H21N5S/c1-11-8-20(9-12(2)16-11)15-17-14(18-19-15)10-21-13-6-4-3-5-7-13/h3-7,11-12,16H,8-10H2,1-2H3,(H,17,18,19). The summed E-state index contributed by atoms with van der Waals surface area (Å²) in [6.45, 7) is 6.30. The molecule has 2 heterocycles. The highest BCUT2D eigenvalue weighted by Crippen LogP contribution is 2.21. The summed E-state index contributed by atoms with van der Waals surface area (Å²) < 4.78 is 0. The minimum Gasteiger partial charge on any atom is -0.336 e. The van der Waals surface area contributed by atoms with Gasteiger partial charge in [0.1, 0.15) is 5.82 Å². The number of thioether (sulfide) groups is 1. The highest BCUT2D eigenvalue weighted by atomic mass is 32.2. The first-order chi connectivity index (χ1) is 10.2. The van der Waals surface area contributed by atoms with Gasteiger partial charge in [-0.2, -0.15) is 4.98 Å². The number of aromatic nitrogens is 3. The summed E-state index contributed by atoms with van der Waals surface area (Å²) in [7, 11) is 0. The summed E-state index contributed by atoms with van der Waals surface area (Å²) in [5, 5.41) is 10.9. The summed E-state index contributed by atoms with van der Waals surface area (Å²) in [4.78, 5) is 8.13. The molecule has 21 heavy (non-hydrogen) atoms. The van der Waals surface area contributed by atoms with Crippen LogP contribution in [0.2, 0.25) is 0 Å². The fourth-order valence-electron chi connectivity index (χ4n) is 2.65. The molecule has 2 atom stereocenters. The molecule has 2 N–H and O–H groups in total. The van der Waals surface area contributed by atoms with Gasteiger partial charge in [-0.05, 0) is 26.0 Å². The maximum Gasteiger partial charge on any atom is 0.244 e. The number of nitrogens with zero attached hydrogens (tertiary/aromatic N) is 3. The Morgan fingerprint density at radius 2 is 1.90 bits per heavy atom. The minimum atomic E-state index is 0.467. The summed E-state index contributed by atoms with van der Waals surface area (Å²) in [5.74, 6) is 2.56.